The molecule has 38 heavy (non-hydrogen) atoms. The summed E-state index contributed by atoms with van der Waals surface area (Å²) in [7, 11) is 0. The summed E-state index contributed by atoms with van der Waals surface area (Å²) in [6, 6.07) is 13.2. The minimum atomic E-state index is -4.58. The summed E-state index contributed by atoms with van der Waals surface area (Å²) in [5.41, 5.74) is 0.208. The Balaban J connectivity index is 1.17. The van der Waals surface area contributed by atoms with Crippen LogP contribution >= 0.6 is 11.6 Å². The molecule has 2 aromatic rings. The highest BCUT2D eigenvalue weighted by molar-refractivity contribution is 6.30. The number of piperidine rings is 1. The van der Waals surface area contributed by atoms with Gasteiger partial charge < -0.3 is 20.0 Å². The summed E-state index contributed by atoms with van der Waals surface area (Å²) in [4.78, 5) is 19.4. The molecular weight excluding hydrogens is 515 g/mol. The first-order chi connectivity index (χ1) is 18.2. The van der Waals surface area contributed by atoms with Crippen LogP contribution in [0, 0.1) is 11.3 Å². The Morgan fingerprint density at radius 2 is 1.76 bits per heavy atom. The number of rotatable bonds is 7. The third-order valence-electron chi connectivity index (χ3n) is 7.31. The van der Waals surface area contributed by atoms with Gasteiger partial charge in [0, 0.05) is 61.6 Å². The monoisotopic (exact) mass is 547 g/mol. The Kier molecular flexibility index (Phi) is 9.40. The molecule has 2 aliphatic heterocycles. The summed E-state index contributed by atoms with van der Waals surface area (Å²) in [5.74, 6) is 0.138. The fraction of sp³-hybridized carbons (Fsp3) is 0.500. The number of nitrogens with one attached hydrogen (secondary N) is 1. The van der Waals surface area contributed by atoms with Gasteiger partial charge >= 0.3 is 6.18 Å². The predicted octanol–water partition coefficient (Wildman–Crippen LogP) is 5.63. The van der Waals surface area contributed by atoms with Crippen LogP contribution in [0.3, 0.4) is 0 Å². The van der Waals surface area contributed by atoms with Gasteiger partial charge in [-0.15, -0.1) is 0 Å². The molecule has 0 unspecified atom stereocenters. The van der Waals surface area contributed by atoms with Crippen LogP contribution in [0.5, 0.6) is 0 Å². The van der Waals surface area contributed by atoms with Crippen LogP contribution in [0.1, 0.15) is 43.2 Å². The average molecular weight is 548 g/mol. The first-order valence-corrected chi connectivity index (χ1v) is 13.5. The van der Waals surface area contributed by atoms with Gasteiger partial charge in [0.2, 0.25) is 5.91 Å². The molecule has 2 aliphatic rings. The van der Waals surface area contributed by atoms with E-state index in [1.807, 2.05) is 17.0 Å². The van der Waals surface area contributed by atoms with Crippen molar-refractivity contribution in [2.45, 2.75) is 44.3 Å². The lowest BCUT2D eigenvalue weighted by Gasteiger charge is -2.33. The van der Waals surface area contributed by atoms with E-state index in [1.165, 1.54) is 17.8 Å². The molecule has 2 aromatic carbocycles. The minimum Gasteiger partial charge on any atom is -0.382 e. The van der Waals surface area contributed by atoms with Crippen molar-refractivity contribution in [1.29, 1.82) is 5.26 Å². The summed E-state index contributed by atoms with van der Waals surface area (Å²) >= 11 is 6.01. The average Bonchev–Trinajstić information content (AvgIpc) is 3.15. The smallest absolute Gasteiger partial charge is 0.382 e. The van der Waals surface area contributed by atoms with Gasteiger partial charge in [-0.25, -0.2) is 0 Å². The number of carbonyl (C=O) groups is 1. The predicted molar refractivity (Wildman–Crippen MR) is 143 cm³/mol. The maximum atomic E-state index is 13.2. The lowest BCUT2D eigenvalue weighted by atomic mass is 10.0. The summed E-state index contributed by atoms with van der Waals surface area (Å²) in [5, 5.41) is 12.9. The highest BCUT2D eigenvalue weighted by Gasteiger charge is 2.34. The zero-order valence-corrected chi connectivity index (χ0v) is 22.1. The number of nitriles is 1. The topological polar surface area (TPSA) is 62.6 Å². The lowest BCUT2D eigenvalue weighted by molar-refractivity contribution is -0.137. The first kappa shape index (κ1) is 28.1. The molecular formula is C28H33ClF3N5O. The highest BCUT2D eigenvalue weighted by Crippen LogP contribution is 2.34. The molecule has 6 nitrogen and oxygen atoms in total. The van der Waals surface area contributed by atoms with Crippen LogP contribution in [0.15, 0.2) is 42.5 Å². The fourth-order valence-electron chi connectivity index (χ4n) is 5.19. The Hall–Kier alpha value is -2.96. The van der Waals surface area contributed by atoms with Crippen molar-refractivity contribution >= 4 is 28.9 Å². The van der Waals surface area contributed by atoms with E-state index in [0.717, 1.165) is 56.7 Å². The molecule has 0 radical (unpaired) electrons. The Bertz CT molecular complexity index is 1130. The maximum absolute atomic E-state index is 13.2. The zero-order chi connectivity index (χ0) is 27.1. The molecule has 204 valence electrons. The van der Waals surface area contributed by atoms with E-state index in [0.29, 0.717) is 38.0 Å². The maximum Gasteiger partial charge on any atom is 0.417 e. The van der Waals surface area contributed by atoms with E-state index in [1.54, 1.807) is 6.07 Å². The SMILES string of the molecule is N#Cc1ccc(NC2CCN(C(=O)CCCN3CCCN(c4ccc(Cl)cc4)CC3)CC2)cc1C(F)(F)F. The second-order valence-corrected chi connectivity index (χ2v) is 10.4. The molecule has 0 aromatic heterocycles. The molecule has 1 amide bonds. The van der Waals surface area contributed by atoms with Gasteiger partial charge in [0.1, 0.15) is 0 Å². The number of hydrogen-bond donors (Lipinski definition) is 1. The molecule has 2 saturated heterocycles. The van der Waals surface area contributed by atoms with Crippen molar-refractivity contribution in [3.63, 3.8) is 0 Å². The van der Waals surface area contributed by atoms with E-state index in [2.05, 4.69) is 27.2 Å². The van der Waals surface area contributed by atoms with Crippen LogP contribution < -0.4 is 10.2 Å². The largest absolute Gasteiger partial charge is 0.417 e. The molecule has 4 rings (SSSR count). The summed E-state index contributed by atoms with van der Waals surface area (Å²) < 4.78 is 39.7. The lowest BCUT2D eigenvalue weighted by Crippen LogP contribution is -2.42. The number of likely N-dealkylation sites (tertiary alicyclic amines) is 1. The third kappa shape index (κ3) is 7.55. The number of anilines is 2. The van der Waals surface area contributed by atoms with Crippen molar-refractivity contribution in [2.75, 3.05) is 56.0 Å². The molecule has 0 bridgehead atoms. The van der Waals surface area contributed by atoms with Crippen molar-refractivity contribution in [3.05, 3.63) is 58.6 Å². The number of hydrogen-bond acceptors (Lipinski definition) is 5. The van der Waals surface area contributed by atoms with Crippen molar-refractivity contribution < 1.29 is 18.0 Å². The van der Waals surface area contributed by atoms with Gasteiger partial charge in [-0.3, -0.25) is 4.79 Å². The van der Waals surface area contributed by atoms with Crippen molar-refractivity contribution in [2.24, 2.45) is 0 Å². The molecule has 2 heterocycles. The standard InChI is InChI=1S/C28H33ClF3N5O/c29-22-5-8-25(9-6-22)36-14-2-13-35(17-18-36)12-1-3-27(38)37-15-10-23(11-16-37)34-24-7-4-21(20-33)26(19-24)28(30,31)32/h4-9,19,23,34H,1-3,10-18H2. The normalized spacial score (nSPS) is 17.7. The van der Waals surface area contributed by atoms with Crippen LogP contribution in [0.25, 0.3) is 0 Å². The number of carbonyl (C=O) groups excluding carboxylic acids is 1. The number of benzene rings is 2. The Labute approximate surface area is 226 Å². The molecule has 0 saturated carbocycles. The molecule has 1 N–H and O–H groups in total. The molecule has 0 aliphatic carbocycles. The molecule has 0 spiro atoms. The van der Waals surface area contributed by atoms with Gasteiger partial charge in [-0.05, 0) is 81.2 Å². The van der Waals surface area contributed by atoms with Gasteiger partial charge in [0.05, 0.1) is 17.2 Å². The van der Waals surface area contributed by atoms with E-state index in [4.69, 9.17) is 16.9 Å². The number of halogens is 4. The van der Waals surface area contributed by atoms with Crippen molar-refractivity contribution in [3.8, 4) is 6.07 Å². The van der Waals surface area contributed by atoms with E-state index >= 15 is 0 Å². The summed E-state index contributed by atoms with van der Waals surface area (Å²) in [6.45, 7) is 5.97. The van der Waals surface area contributed by atoms with E-state index in [9.17, 15) is 18.0 Å². The van der Waals surface area contributed by atoms with Crippen LogP contribution in [0.4, 0.5) is 24.5 Å². The van der Waals surface area contributed by atoms with Crippen LogP contribution in [-0.2, 0) is 11.0 Å². The van der Waals surface area contributed by atoms with Crippen molar-refractivity contribution in [1.82, 2.24) is 9.80 Å². The van der Waals surface area contributed by atoms with E-state index < -0.39 is 11.7 Å². The Morgan fingerprint density at radius 1 is 1.03 bits per heavy atom. The highest BCUT2D eigenvalue weighted by atomic mass is 35.5. The quantitative estimate of drug-likeness (QED) is 0.487. The third-order valence-corrected chi connectivity index (χ3v) is 7.56. The Morgan fingerprint density at radius 3 is 2.45 bits per heavy atom. The number of alkyl halides is 3. The van der Waals surface area contributed by atoms with Crippen LogP contribution in [-0.4, -0.2) is 67.6 Å². The second kappa shape index (κ2) is 12.7. The molecule has 2 fully saturated rings. The first-order valence-electron chi connectivity index (χ1n) is 13.1. The molecule has 0 atom stereocenters. The molecule has 10 heteroatoms. The van der Waals surface area contributed by atoms with E-state index in [-0.39, 0.29) is 17.5 Å². The number of amides is 1. The van der Waals surface area contributed by atoms with Gasteiger partial charge in [0.25, 0.3) is 0 Å². The summed E-state index contributed by atoms with van der Waals surface area (Å²) in [6.07, 6.45) is -0.869. The van der Waals surface area contributed by atoms with Gasteiger partial charge in [0.15, 0.2) is 0 Å². The second-order valence-electron chi connectivity index (χ2n) is 9.93. The van der Waals surface area contributed by atoms with Gasteiger partial charge in [-0.2, -0.15) is 18.4 Å². The van der Waals surface area contributed by atoms with Crippen LogP contribution in [0.2, 0.25) is 5.02 Å². The fourth-order valence-corrected chi connectivity index (χ4v) is 5.32. The van der Waals surface area contributed by atoms with Gasteiger partial charge in [-0.1, -0.05) is 11.6 Å². The zero-order valence-electron chi connectivity index (χ0n) is 21.3. The minimum absolute atomic E-state index is 0.0197. The number of nitrogens with zero attached hydrogens (tertiary/aromatic N) is 4.